The van der Waals surface area contributed by atoms with Crippen LogP contribution in [0.4, 0.5) is 0 Å². The molecule has 1 aromatic rings. The van der Waals surface area contributed by atoms with Crippen LogP contribution >= 0.6 is 0 Å². The predicted octanol–water partition coefficient (Wildman–Crippen LogP) is 2.59. The summed E-state index contributed by atoms with van der Waals surface area (Å²) in [7, 11) is 0. The van der Waals surface area contributed by atoms with Crippen LogP contribution in [0.2, 0.25) is 0 Å². The highest BCUT2D eigenvalue weighted by Crippen LogP contribution is 2.36. The molecular weight excluding hydrogens is 238 g/mol. The van der Waals surface area contributed by atoms with Gasteiger partial charge in [-0.3, -0.25) is 4.79 Å². The number of nitrogens with one attached hydrogen (secondary N) is 1. The molecule has 1 fully saturated rings. The molecule has 3 nitrogen and oxygen atoms in total. The molecule has 0 atom stereocenters. The van der Waals surface area contributed by atoms with E-state index in [9.17, 15) is 9.90 Å². The number of carbonyl (C=O) groups excluding carboxylic acids is 1. The highest BCUT2D eigenvalue weighted by atomic mass is 16.3. The van der Waals surface area contributed by atoms with Gasteiger partial charge in [-0.25, -0.2) is 0 Å². The molecule has 3 heteroatoms. The molecule has 1 aromatic carbocycles. The molecule has 0 spiro atoms. The van der Waals surface area contributed by atoms with E-state index in [2.05, 4.69) is 5.32 Å². The van der Waals surface area contributed by atoms with Gasteiger partial charge in [0.2, 0.25) is 0 Å². The first-order valence-corrected chi connectivity index (χ1v) is 7.03. The van der Waals surface area contributed by atoms with E-state index in [4.69, 9.17) is 0 Å². The number of aryl methyl sites for hydroxylation is 1. The smallest absolute Gasteiger partial charge is 0.251 e. The SMILES string of the molecule is Cc1cccc(C(=O)NCC2(CO)CCCC2)c1C. The Hall–Kier alpha value is -1.35. The Morgan fingerprint density at radius 3 is 2.63 bits per heavy atom. The molecule has 0 bridgehead atoms. The minimum Gasteiger partial charge on any atom is -0.396 e. The normalized spacial score (nSPS) is 17.4. The fraction of sp³-hybridized carbons (Fsp3) is 0.562. The molecule has 1 saturated carbocycles. The number of carbonyl (C=O) groups is 1. The lowest BCUT2D eigenvalue weighted by molar-refractivity contribution is 0.0880. The summed E-state index contributed by atoms with van der Waals surface area (Å²) in [6.07, 6.45) is 4.33. The van der Waals surface area contributed by atoms with Gasteiger partial charge in [0, 0.05) is 17.5 Å². The molecule has 0 unspecified atom stereocenters. The summed E-state index contributed by atoms with van der Waals surface area (Å²) < 4.78 is 0. The Bertz CT molecular complexity index is 462. The first-order valence-electron chi connectivity index (χ1n) is 7.03. The summed E-state index contributed by atoms with van der Waals surface area (Å²) >= 11 is 0. The van der Waals surface area contributed by atoms with Crippen LogP contribution in [0.25, 0.3) is 0 Å². The summed E-state index contributed by atoms with van der Waals surface area (Å²) in [6.45, 7) is 4.73. The second-order valence-electron chi connectivity index (χ2n) is 5.80. The van der Waals surface area contributed by atoms with Gasteiger partial charge in [0.15, 0.2) is 0 Å². The first kappa shape index (κ1) is 14.1. The van der Waals surface area contributed by atoms with E-state index in [-0.39, 0.29) is 17.9 Å². The molecule has 0 radical (unpaired) electrons. The minimum atomic E-state index is -0.0899. The van der Waals surface area contributed by atoms with Crippen molar-refractivity contribution in [2.75, 3.05) is 13.2 Å². The van der Waals surface area contributed by atoms with Crippen LogP contribution in [0.15, 0.2) is 18.2 Å². The lowest BCUT2D eigenvalue weighted by atomic mass is 9.87. The molecule has 19 heavy (non-hydrogen) atoms. The van der Waals surface area contributed by atoms with Crippen LogP contribution in [-0.4, -0.2) is 24.2 Å². The van der Waals surface area contributed by atoms with Crippen LogP contribution in [0.5, 0.6) is 0 Å². The fourth-order valence-electron chi connectivity index (χ4n) is 2.88. The van der Waals surface area contributed by atoms with Crippen molar-refractivity contribution in [2.24, 2.45) is 5.41 Å². The monoisotopic (exact) mass is 261 g/mol. The number of hydrogen-bond donors (Lipinski definition) is 2. The van der Waals surface area contributed by atoms with Crippen LogP contribution in [-0.2, 0) is 0 Å². The zero-order valence-corrected chi connectivity index (χ0v) is 11.8. The molecule has 1 aliphatic carbocycles. The third-order valence-electron chi connectivity index (χ3n) is 4.47. The van der Waals surface area contributed by atoms with Crippen molar-refractivity contribution in [2.45, 2.75) is 39.5 Å². The Labute approximate surface area is 115 Å². The molecule has 0 heterocycles. The highest BCUT2D eigenvalue weighted by molar-refractivity contribution is 5.95. The van der Waals surface area contributed by atoms with Crippen molar-refractivity contribution in [3.8, 4) is 0 Å². The van der Waals surface area contributed by atoms with Crippen molar-refractivity contribution >= 4 is 5.91 Å². The van der Waals surface area contributed by atoms with E-state index in [0.717, 1.165) is 42.4 Å². The maximum atomic E-state index is 12.2. The number of aliphatic hydroxyl groups is 1. The third kappa shape index (κ3) is 2.98. The second kappa shape index (κ2) is 5.74. The largest absolute Gasteiger partial charge is 0.396 e. The van der Waals surface area contributed by atoms with Crippen LogP contribution < -0.4 is 5.32 Å². The van der Waals surface area contributed by atoms with Gasteiger partial charge in [-0.15, -0.1) is 0 Å². The van der Waals surface area contributed by atoms with Gasteiger partial charge in [0.1, 0.15) is 0 Å². The maximum absolute atomic E-state index is 12.2. The standard InChI is InChI=1S/C16H23NO2/c1-12-6-5-7-14(13(12)2)15(19)17-10-16(11-18)8-3-4-9-16/h5-7,18H,3-4,8-11H2,1-2H3,(H,17,19). The number of amides is 1. The number of aliphatic hydroxyl groups excluding tert-OH is 1. The van der Waals surface area contributed by atoms with Gasteiger partial charge >= 0.3 is 0 Å². The topological polar surface area (TPSA) is 49.3 Å². The average Bonchev–Trinajstić information content (AvgIpc) is 2.89. The highest BCUT2D eigenvalue weighted by Gasteiger charge is 2.33. The Morgan fingerprint density at radius 1 is 1.32 bits per heavy atom. The van der Waals surface area contributed by atoms with Crippen molar-refractivity contribution in [1.29, 1.82) is 0 Å². The minimum absolute atomic E-state index is 0.0269. The molecule has 104 valence electrons. The summed E-state index contributed by atoms with van der Waals surface area (Å²) in [5, 5.41) is 12.5. The van der Waals surface area contributed by atoms with E-state index in [0.29, 0.717) is 6.54 Å². The average molecular weight is 261 g/mol. The quantitative estimate of drug-likeness (QED) is 0.875. The Kier molecular flexibility index (Phi) is 4.25. The maximum Gasteiger partial charge on any atom is 0.251 e. The van der Waals surface area contributed by atoms with Gasteiger partial charge in [-0.2, -0.15) is 0 Å². The number of hydrogen-bond acceptors (Lipinski definition) is 2. The Balaban J connectivity index is 2.03. The van der Waals surface area contributed by atoms with Crippen molar-refractivity contribution in [1.82, 2.24) is 5.32 Å². The van der Waals surface area contributed by atoms with Crippen molar-refractivity contribution in [3.05, 3.63) is 34.9 Å². The van der Waals surface area contributed by atoms with E-state index in [1.54, 1.807) is 0 Å². The number of benzene rings is 1. The van der Waals surface area contributed by atoms with Gasteiger partial charge in [0.25, 0.3) is 5.91 Å². The molecule has 0 aromatic heterocycles. The van der Waals surface area contributed by atoms with Crippen LogP contribution in [0.3, 0.4) is 0 Å². The molecule has 1 amide bonds. The van der Waals surface area contributed by atoms with Crippen molar-refractivity contribution < 1.29 is 9.90 Å². The lowest BCUT2D eigenvalue weighted by Gasteiger charge is -2.26. The van der Waals surface area contributed by atoms with E-state index in [1.165, 1.54) is 0 Å². The van der Waals surface area contributed by atoms with E-state index >= 15 is 0 Å². The van der Waals surface area contributed by atoms with Crippen LogP contribution in [0, 0.1) is 19.3 Å². The summed E-state index contributed by atoms with van der Waals surface area (Å²) in [4.78, 5) is 12.2. The first-order chi connectivity index (χ1) is 9.08. The molecule has 0 aliphatic heterocycles. The van der Waals surface area contributed by atoms with Gasteiger partial charge < -0.3 is 10.4 Å². The predicted molar refractivity (Wildman–Crippen MR) is 76.2 cm³/mol. The molecular formula is C16H23NO2. The summed E-state index contributed by atoms with van der Waals surface area (Å²) in [5.41, 5.74) is 2.81. The van der Waals surface area contributed by atoms with Crippen molar-refractivity contribution in [3.63, 3.8) is 0 Å². The van der Waals surface area contributed by atoms with E-state index in [1.807, 2.05) is 32.0 Å². The van der Waals surface area contributed by atoms with Gasteiger partial charge in [-0.05, 0) is 43.9 Å². The summed E-state index contributed by atoms with van der Waals surface area (Å²) in [6, 6.07) is 5.78. The summed E-state index contributed by atoms with van der Waals surface area (Å²) in [5.74, 6) is -0.0269. The van der Waals surface area contributed by atoms with Gasteiger partial charge in [0.05, 0.1) is 6.61 Å². The number of rotatable bonds is 4. The zero-order valence-electron chi connectivity index (χ0n) is 11.8. The van der Waals surface area contributed by atoms with Gasteiger partial charge in [-0.1, -0.05) is 25.0 Å². The molecule has 1 aliphatic rings. The second-order valence-corrected chi connectivity index (χ2v) is 5.80. The zero-order chi connectivity index (χ0) is 13.9. The Morgan fingerprint density at radius 2 is 2.00 bits per heavy atom. The molecule has 2 rings (SSSR count). The molecule has 2 N–H and O–H groups in total. The fourth-order valence-corrected chi connectivity index (χ4v) is 2.88. The third-order valence-corrected chi connectivity index (χ3v) is 4.47. The van der Waals surface area contributed by atoms with Crippen LogP contribution in [0.1, 0.15) is 47.2 Å². The lowest BCUT2D eigenvalue weighted by Crippen LogP contribution is -2.38. The van der Waals surface area contributed by atoms with E-state index < -0.39 is 0 Å². The molecule has 0 saturated heterocycles.